The Hall–Kier alpha value is -4.01. The predicted octanol–water partition coefficient (Wildman–Crippen LogP) is -1.26. The molecule has 2 heterocycles. The second-order valence-corrected chi connectivity index (χ2v) is 10.0. The Labute approximate surface area is 231 Å². The van der Waals surface area contributed by atoms with Crippen molar-refractivity contribution in [3.63, 3.8) is 0 Å². The first kappa shape index (κ1) is 32.2. The van der Waals surface area contributed by atoms with Crippen LogP contribution in [0.3, 0.4) is 0 Å². The lowest BCUT2D eigenvalue weighted by Gasteiger charge is -2.32. The van der Waals surface area contributed by atoms with Crippen molar-refractivity contribution in [2.75, 3.05) is 6.54 Å². The number of aliphatic carboxylic acids is 2. The van der Waals surface area contributed by atoms with Crippen LogP contribution < -0.4 is 21.7 Å². The lowest BCUT2D eigenvalue weighted by molar-refractivity contribution is -0.145. The number of H-pyrrole nitrogens is 1. The number of rotatable bonds is 15. The molecule has 0 aromatic carbocycles. The van der Waals surface area contributed by atoms with Gasteiger partial charge in [0.15, 0.2) is 0 Å². The normalized spacial score (nSPS) is 18.6. The average Bonchev–Trinajstić information content (AvgIpc) is 3.61. The van der Waals surface area contributed by atoms with Gasteiger partial charge in [0, 0.05) is 31.3 Å². The molecule has 0 saturated carbocycles. The van der Waals surface area contributed by atoms with E-state index >= 15 is 0 Å². The summed E-state index contributed by atoms with van der Waals surface area (Å²) in [6.45, 7) is 5.19. The number of imidazole rings is 1. The highest BCUT2D eigenvalue weighted by molar-refractivity contribution is 5.96. The van der Waals surface area contributed by atoms with Crippen LogP contribution in [0.15, 0.2) is 12.5 Å². The molecule has 0 radical (unpaired) electrons. The number of aromatic amines is 1. The number of amides is 4. The third kappa shape index (κ3) is 9.03. The van der Waals surface area contributed by atoms with Gasteiger partial charge < -0.3 is 41.8 Å². The molecule has 0 spiro atoms. The van der Waals surface area contributed by atoms with Crippen molar-refractivity contribution >= 4 is 35.6 Å². The van der Waals surface area contributed by atoms with E-state index in [2.05, 4.69) is 25.9 Å². The number of carbonyl (C=O) groups excluding carboxylic acids is 4. The highest BCUT2D eigenvalue weighted by Crippen LogP contribution is 2.22. The lowest BCUT2D eigenvalue weighted by atomic mass is 9.96. The molecular formula is C25H39N7O8. The van der Waals surface area contributed by atoms with E-state index in [4.69, 9.17) is 15.9 Å². The molecule has 1 aliphatic rings. The summed E-state index contributed by atoms with van der Waals surface area (Å²) in [6.07, 6.45) is 3.79. The van der Waals surface area contributed by atoms with Gasteiger partial charge in [0.1, 0.15) is 24.2 Å². The molecule has 1 saturated heterocycles. The number of hydrogen-bond donors (Lipinski definition) is 7. The number of nitrogens with zero attached hydrogens (tertiary/aromatic N) is 2. The maximum atomic E-state index is 13.7. The van der Waals surface area contributed by atoms with E-state index in [1.165, 1.54) is 24.3 Å². The van der Waals surface area contributed by atoms with Gasteiger partial charge in [-0.05, 0) is 32.1 Å². The first-order valence-corrected chi connectivity index (χ1v) is 13.2. The average molecular weight is 566 g/mol. The number of carboxylic acids is 2. The molecule has 15 nitrogen and oxygen atoms in total. The van der Waals surface area contributed by atoms with Crippen LogP contribution >= 0.6 is 0 Å². The summed E-state index contributed by atoms with van der Waals surface area (Å²) in [5.41, 5.74) is 6.35. The van der Waals surface area contributed by atoms with Crippen LogP contribution in [0.1, 0.15) is 58.6 Å². The maximum Gasteiger partial charge on any atom is 0.325 e. The van der Waals surface area contributed by atoms with Gasteiger partial charge in [-0.25, -0.2) is 4.98 Å². The lowest BCUT2D eigenvalue weighted by Crippen LogP contribution is -2.60. The van der Waals surface area contributed by atoms with Gasteiger partial charge in [-0.15, -0.1) is 0 Å². The number of likely N-dealkylation sites (tertiary alicyclic amines) is 1. The van der Waals surface area contributed by atoms with E-state index in [0.29, 0.717) is 25.0 Å². The summed E-state index contributed by atoms with van der Waals surface area (Å²) >= 11 is 0. The van der Waals surface area contributed by atoms with Crippen molar-refractivity contribution in [1.29, 1.82) is 0 Å². The molecule has 2 rings (SSSR count). The fraction of sp³-hybridized carbons (Fsp3) is 0.640. The van der Waals surface area contributed by atoms with Crippen molar-refractivity contribution in [2.45, 2.75) is 89.5 Å². The molecule has 40 heavy (non-hydrogen) atoms. The number of carbonyl (C=O) groups is 6. The van der Waals surface area contributed by atoms with Gasteiger partial charge in [0.05, 0.1) is 12.4 Å². The fourth-order valence-corrected chi connectivity index (χ4v) is 4.30. The van der Waals surface area contributed by atoms with Crippen LogP contribution in [0.2, 0.25) is 0 Å². The number of nitrogens with two attached hydrogens (primary N) is 1. The second kappa shape index (κ2) is 15.0. The summed E-state index contributed by atoms with van der Waals surface area (Å²) in [7, 11) is 0. The van der Waals surface area contributed by atoms with Gasteiger partial charge in [-0.2, -0.15) is 0 Å². The molecule has 6 atom stereocenters. The van der Waals surface area contributed by atoms with Crippen molar-refractivity contribution in [2.24, 2.45) is 11.7 Å². The summed E-state index contributed by atoms with van der Waals surface area (Å²) in [5.74, 6) is -5.15. The minimum Gasteiger partial charge on any atom is -0.481 e. The maximum absolute atomic E-state index is 13.7. The van der Waals surface area contributed by atoms with E-state index in [-0.39, 0.29) is 31.7 Å². The van der Waals surface area contributed by atoms with Gasteiger partial charge >= 0.3 is 11.9 Å². The standard InChI is InChI=1S/C25H39N7O8/c1-4-13(2)20(24(38)32-9-5-6-18(32)23(37)29-14(3)25(39)40)31-22(36)17(10-15-11-27-12-28-15)30-21(35)16(26)7-8-19(33)34/h11-14,16-18,20H,4-10,26H2,1-3H3,(H,27,28)(H,29,37)(H,30,35)(H,31,36)(H,33,34)(H,39,40)/t13-,14+,16+,17+,18+,20+/m1/s1. The van der Waals surface area contributed by atoms with Gasteiger partial charge in [-0.1, -0.05) is 20.3 Å². The summed E-state index contributed by atoms with van der Waals surface area (Å²) in [6, 6.07) is -5.39. The molecule has 0 unspecified atom stereocenters. The van der Waals surface area contributed by atoms with Crippen LogP contribution in [0.4, 0.5) is 0 Å². The minimum absolute atomic E-state index is 0.00748. The third-order valence-electron chi connectivity index (χ3n) is 6.96. The van der Waals surface area contributed by atoms with Crippen molar-refractivity contribution < 1.29 is 39.0 Å². The molecule has 1 aromatic heterocycles. The predicted molar refractivity (Wildman–Crippen MR) is 140 cm³/mol. The van der Waals surface area contributed by atoms with Crippen LogP contribution in [0.5, 0.6) is 0 Å². The van der Waals surface area contributed by atoms with Crippen LogP contribution in [0.25, 0.3) is 0 Å². The molecule has 1 aliphatic heterocycles. The van der Waals surface area contributed by atoms with Crippen molar-refractivity contribution in [1.82, 2.24) is 30.8 Å². The third-order valence-corrected chi connectivity index (χ3v) is 6.96. The van der Waals surface area contributed by atoms with Crippen LogP contribution in [-0.4, -0.2) is 97.4 Å². The Morgan fingerprint density at radius 2 is 1.82 bits per heavy atom. The van der Waals surface area contributed by atoms with Crippen molar-refractivity contribution in [3.8, 4) is 0 Å². The first-order valence-electron chi connectivity index (χ1n) is 13.2. The second-order valence-electron chi connectivity index (χ2n) is 10.0. The summed E-state index contributed by atoms with van der Waals surface area (Å²) in [5, 5.41) is 25.7. The molecule has 1 fully saturated rings. The molecule has 0 aliphatic carbocycles. The van der Waals surface area contributed by atoms with Crippen LogP contribution in [-0.2, 0) is 35.2 Å². The highest BCUT2D eigenvalue weighted by atomic mass is 16.4. The zero-order valence-corrected chi connectivity index (χ0v) is 22.9. The highest BCUT2D eigenvalue weighted by Gasteiger charge is 2.40. The minimum atomic E-state index is -1.21. The van der Waals surface area contributed by atoms with Gasteiger partial charge in [-0.3, -0.25) is 28.8 Å². The smallest absolute Gasteiger partial charge is 0.325 e. The Balaban J connectivity index is 2.22. The van der Waals surface area contributed by atoms with E-state index in [0.717, 1.165) is 0 Å². The molecule has 15 heteroatoms. The molecular weight excluding hydrogens is 526 g/mol. The molecule has 1 aromatic rings. The van der Waals surface area contributed by atoms with Gasteiger partial charge in [0.25, 0.3) is 0 Å². The molecule has 0 bridgehead atoms. The number of carboxylic acid groups (broad SMARTS) is 2. The van der Waals surface area contributed by atoms with Gasteiger partial charge in [0.2, 0.25) is 23.6 Å². The SMILES string of the molecule is CC[C@@H](C)[C@H](NC(=O)[C@H](Cc1cnc[nH]1)NC(=O)[C@@H](N)CCC(=O)O)C(=O)N1CCC[C@H]1C(=O)N[C@@H](C)C(=O)O. The Kier molecular flexibility index (Phi) is 12.0. The molecule has 8 N–H and O–H groups in total. The number of nitrogens with one attached hydrogen (secondary N) is 4. The molecule has 4 amide bonds. The zero-order chi connectivity index (χ0) is 30.0. The monoisotopic (exact) mass is 565 g/mol. The quantitative estimate of drug-likeness (QED) is 0.133. The summed E-state index contributed by atoms with van der Waals surface area (Å²) < 4.78 is 0. The van der Waals surface area contributed by atoms with E-state index in [9.17, 15) is 28.8 Å². The Bertz CT molecular complexity index is 1060. The topological polar surface area (TPSA) is 237 Å². The zero-order valence-electron chi connectivity index (χ0n) is 22.9. The van der Waals surface area contributed by atoms with E-state index in [1.807, 2.05) is 6.92 Å². The number of hydrogen-bond acceptors (Lipinski definition) is 8. The summed E-state index contributed by atoms with van der Waals surface area (Å²) in [4.78, 5) is 82.7. The van der Waals surface area contributed by atoms with E-state index in [1.54, 1.807) is 6.92 Å². The first-order chi connectivity index (χ1) is 18.8. The van der Waals surface area contributed by atoms with E-state index < -0.39 is 65.8 Å². The largest absolute Gasteiger partial charge is 0.481 e. The Morgan fingerprint density at radius 1 is 1.12 bits per heavy atom. The van der Waals surface area contributed by atoms with Crippen LogP contribution in [0, 0.1) is 5.92 Å². The Morgan fingerprint density at radius 3 is 2.40 bits per heavy atom. The van der Waals surface area contributed by atoms with Crippen molar-refractivity contribution in [3.05, 3.63) is 18.2 Å². The number of aromatic nitrogens is 2. The fourth-order valence-electron chi connectivity index (χ4n) is 4.30. The molecule has 222 valence electrons.